The molecule has 0 saturated heterocycles. The minimum Gasteiger partial charge on any atom is -0.334 e. The molecule has 0 aliphatic rings. The summed E-state index contributed by atoms with van der Waals surface area (Å²) >= 11 is 12.7. The van der Waals surface area contributed by atoms with Crippen molar-refractivity contribution in [3.8, 4) is 6.07 Å². The van der Waals surface area contributed by atoms with Gasteiger partial charge in [0.1, 0.15) is 12.1 Å². The fourth-order valence-electron chi connectivity index (χ4n) is 4.54. The normalized spacial score (nSPS) is 11.4. The fourth-order valence-corrected chi connectivity index (χ4v) is 4.94. The molecule has 5 rings (SSSR count). The molecule has 0 aliphatic carbocycles. The van der Waals surface area contributed by atoms with Crippen LogP contribution in [0.15, 0.2) is 97.5 Å². The minimum absolute atomic E-state index is 0.0135. The van der Waals surface area contributed by atoms with Crippen LogP contribution < -0.4 is 10.2 Å². The molecule has 1 N–H and O–H groups in total. The summed E-state index contributed by atoms with van der Waals surface area (Å²) in [4.78, 5) is 26.6. The maximum absolute atomic E-state index is 12.5. The number of rotatable bonds is 9. The van der Waals surface area contributed by atoms with E-state index >= 15 is 0 Å². The van der Waals surface area contributed by atoms with Gasteiger partial charge in [-0.05, 0) is 59.5 Å². The Morgan fingerprint density at radius 3 is 2.40 bits per heavy atom. The van der Waals surface area contributed by atoms with E-state index in [1.165, 1.54) is 6.33 Å². The number of hydrogen-bond acceptors (Lipinski definition) is 8. The van der Waals surface area contributed by atoms with Crippen molar-refractivity contribution in [3.05, 3.63) is 140 Å². The molecule has 9 nitrogen and oxygen atoms in total. The van der Waals surface area contributed by atoms with Gasteiger partial charge in [0.2, 0.25) is 11.6 Å². The Hall–Kier alpha value is -5.04. The molecule has 0 bridgehead atoms. The van der Waals surface area contributed by atoms with E-state index in [2.05, 4.69) is 26.3 Å². The quantitative estimate of drug-likeness (QED) is 0.134. The Morgan fingerprint density at radius 1 is 1.00 bits per heavy atom. The molecule has 3 aromatic carbocycles. The number of halogens is 2. The Morgan fingerprint density at radius 2 is 1.74 bits per heavy atom. The first-order valence-electron chi connectivity index (χ1n) is 12.8. The van der Waals surface area contributed by atoms with E-state index in [9.17, 15) is 15.4 Å². The highest BCUT2D eigenvalue weighted by molar-refractivity contribution is 6.32. The molecular weight excluding hydrogens is 573 g/mol. The van der Waals surface area contributed by atoms with E-state index in [-0.39, 0.29) is 23.9 Å². The first-order valence-corrected chi connectivity index (χ1v) is 13.6. The van der Waals surface area contributed by atoms with Gasteiger partial charge in [-0.15, -0.1) is 0 Å². The molecule has 0 amide bonds. The highest BCUT2D eigenvalue weighted by Crippen LogP contribution is 2.40. The lowest BCUT2D eigenvalue weighted by Crippen LogP contribution is -2.21. The summed E-state index contributed by atoms with van der Waals surface area (Å²) in [6.07, 6.45) is 2.88. The summed E-state index contributed by atoms with van der Waals surface area (Å²) in [6, 6.07) is 27.6. The van der Waals surface area contributed by atoms with Crippen molar-refractivity contribution in [1.29, 1.82) is 5.26 Å². The SMILES string of the molecule is Cc1cc(C(C#N)c2ccc(Cl)cc2)c(Cl)cc1Nc1ncnc(N(Cc2ccccc2)c2ccccn2)c1[N+](=O)[O-]. The van der Waals surface area contributed by atoms with Gasteiger partial charge in [0.25, 0.3) is 0 Å². The van der Waals surface area contributed by atoms with Gasteiger partial charge in [-0.1, -0.05) is 77.8 Å². The van der Waals surface area contributed by atoms with Gasteiger partial charge in [-0.3, -0.25) is 10.1 Å². The third-order valence-electron chi connectivity index (χ3n) is 6.59. The molecule has 5 aromatic rings. The third-order valence-corrected chi connectivity index (χ3v) is 7.17. The number of aromatic nitrogens is 3. The number of nitriles is 1. The average molecular weight is 596 g/mol. The molecule has 42 heavy (non-hydrogen) atoms. The van der Waals surface area contributed by atoms with Crippen molar-refractivity contribution >= 4 is 52.0 Å². The monoisotopic (exact) mass is 595 g/mol. The van der Waals surface area contributed by atoms with E-state index in [1.807, 2.05) is 37.3 Å². The van der Waals surface area contributed by atoms with E-state index in [1.54, 1.807) is 65.7 Å². The molecule has 2 aromatic heterocycles. The maximum atomic E-state index is 12.5. The van der Waals surface area contributed by atoms with E-state index < -0.39 is 10.8 Å². The van der Waals surface area contributed by atoms with Gasteiger partial charge in [-0.2, -0.15) is 5.26 Å². The van der Waals surface area contributed by atoms with Crippen molar-refractivity contribution in [2.24, 2.45) is 0 Å². The van der Waals surface area contributed by atoms with Gasteiger partial charge in [-0.25, -0.2) is 15.0 Å². The van der Waals surface area contributed by atoms with Crippen LogP contribution in [0.3, 0.4) is 0 Å². The van der Waals surface area contributed by atoms with Crippen molar-refractivity contribution in [3.63, 3.8) is 0 Å². The number of nitrogens with zero attached hydrogens (tertiary/aromatic N) is 6. The minimum atomic E-state index is -0.632. The Labute approximate surface area is 252 Å². The lowest BCUT2D eigenvalue weighted by Gasteiger charge is -2.23. The van der Waals surface area contributed by atoms with Gasteiger partial charge >= 0.3 is 5.69 Å². The van der Waals surface area contributed by atoms with Crippen LogP contribution in [0.2, 0.25) is 10.0 Å². The van der Waals surface area contributed by atoms with Gasteiger partial charge in [0.15, 0.2) is 0 Å². The number of nitrogens with one attached hydrogen (secondary N) is 1. The summed E-state index contributed by atoms with van der Waals surface area (Å²) in [6.45, 7) is 2.11. The second-order valence-electron chi connectivity index (χ2n) is 9.34. The van der Waals surface area contributed by atoms with E-state index in [0.29, 0.717) is 32.7 Å². The zero-order valence-electron chi connectivity index (χ0n) is 22.3. The number of anilines is 4. The smallest absolute Gasteiger partial charge is 0.334 e. The summed E-state index contributed by atoms with van der Waals surface area (Å²) in [7, 11) is 0. The molecule has 11 heteroatoms. The molecule has 0 saturated carbocycles. The molecule has 2 heterocycles. The number of pyridine rings is 1. The average Bonchev–Trinajstić information content (AvgIpc) is 3.00. The molecular formula is C31H23Cl2N7O2. The molecule has 0 aliphatic heterocycles. The lowest BCUT2D eigenvalue weighted by atomic mass is 9.91. The largest absolute Gasteiger partial charge is 0.354 e. The Bertz CT molecular complexity index is 1760. The van der Waals surface area contributed by atoms with Gasteiger partial charge in [0, 0.05) is 21.9 Å². The van der Waals surface area contributed by atoms with Crippen molar-refractivity contribution < 1.29 is 4.92 Å². The lowest BCUT2D eigenvalue weighted by molar-refractivity contribution is -0.383. The molecule has 0 spiro atoms. The topological polar surface area (TPSA) is 121 Å². The number of aryl methyl sites for hydroxylation is 1. The number of benzene rings is 3. The van der Waals surface area contributed by atoms with E-state index in [4.69, 9.17) is 23.2 Å². The second-order valence-corrected chi connectivity index (χ2v) is 10.2. The third kappa shape index (κ3) is 6.15. The van der Waals surface area contributed by atoms with Crippen LogP contribution in [0.4, 0.5) is 28.8 Å². The second kappa shape index (κ2) is 12.6. The van der Waals surface area contributed by atoms with Crippen LogP contribution in [0.25, 0.3) is 0 Å². The van der Waals surface area contributed by atoms with Crippen LogP contribution in [-0.2, 0) is 6.54 Å². The van der Waals surface area contributed by atoms with Crippen LogP contribution in [0.5, 0.6) is 0 Å². The molecule has 208 valence electrons. The number of hydrogen-bond donors (Lipinski definition) is 1. The van der Waals surface area contributed by atoms with Gasteiger partial charge < -0.3 is 10.2 Å². The molecule has 0 fully saturated rings. The maximum Gasteiger partial charge on any atom is 0.354 e. The fraction of sp³-hybridized carbons (Fsp3) is 0.0968. The van der Waals surface area contributed by atoms with Crippen molar-refractivity contribution in [2.75, 3.05) is 10.2 Å². The summed E-state index contributed by atoms with van der Waals surface area (Å²) in [5.41, 5.74) is 3.14. The zero-order valence-corrected chi connectivity index (χ0v) is 23.8. The predicted octanol–water partition coefficient (Wildman–Crippen LogP) is 8.13. The standard InChI is InChI=1S/C31H23Cl2N7O2/c1-20-15-24(25(17-34)22-10-12-23(32)13-11-22)26(33)16-27(20)38-30-29(40(41)42)31(37-19-36-30)39(28-9-5-6-14-35-28)18-21-7-3-2-4-8-21/h2-16,19,25H,18H2,1H3,(H,36,37,38). The highest BCUT2D eigenvalue weighted by atomic mass is 35.5. The zero-order chi connectivity index (χ0) is 29.6. The molecule has 1 atom stereocenters. The van der Waals surface area contributed by atoms with Crippen LogP contribution in [0.1, 0.15) is 28.2 Å². The molecule has 1 unspecified atom stereocenters. The van der Waals surface area contributed by atoms with Crippen molar-refractivity contribution in [1.82, 2.24) is 15.0 Å². The summed E-state index contributed by atoms with van der Waals surface area (Å²) < 4.78 is 0. The van der Waals surface area contributed by atoms with Gasteiger partial charge in [0.05, 0.1) is 23.5 Å². The summed E-state index contributed by atoms with van der Waals surface area (Å²) in [5.74, 6) is -0.0806. The Kier molecular flexibility index (Phi) is 8.58. The van der Waals surface area contributed by atoms with Crippen LogP contribution in [0, 0.1) is 28.4 Å². The first-order chi connectivity index (χ1) is 20.4. The predicted molar refractivity (Wildman–Crippen MR) is 164 cm³/mol. The summed E-state index contributed by atoms with van der Waals surface area (Å²) in [5, 5.41) is 26.4. The number of nitro groups is 1. The van der Waals surface area contributed by atoms with E-state index in [0.717, 1.165) is 11.1 Å². The Balaban J connectivity index is 1.54. The molecule has 0 radical (unpaired) electrons. The van der Waals surface area contributed by atoms with Crippen molar-refractivity contribution in [2.45, 2.75) is 19.4 Å². The highest BCUT2D eigenvalue weighted by Gasteiger charge is 2.29. The first kappa shape index (κ1) is 28.5. The van der Waals surface area contributed by atoms with Crippen LogP contribution in [-0.4, -0.2) is 19.9 Å². The van der Waals surface area contributed by atoms with Crippen LogP contribution >= 0.6 is 23.2 Å².